The van der Waals surface area contributed by atoms with Gasteiger partial charge in [-0.2, -0.15) is 0 Å². The monoisotopic (exact) mass is 242 g/mol. The maximum atomic E-state index is 10.7. The third-order valence-corrected chi connectivity index (χ3v) is 2.63. The topological polar surface area (TPSA) is 62.7 Å². The van der Waals surface area contributed by atoms with Crippen molar-refractivity contribution in [2.45, 2.75) is 12.5 Å². The molecule has 0 aliphatic carbocycles. The van der Waals surface area contributed by atoms with Crippen molar-refractivity contribution >= 4 is 17.7 Å². The summed E-state index contributed by atoms with van der Waals surface area (Å²) < 4.78 is 5.54. The molecule has 16 heavy (non-hydrogen) atoms. The van der Waals surface area contributed by atoms with Gasteiger partial charge in [-0.1, -0.05) is 11.6 Å². The van der Waals surface area contributed by atoms with E-state index in [1.807, 2.05) is 0 Å². The zero-order valence-corrected chi connectivity index (χ0v) is 9.22. The number of hydrogen-bond donors (Lipinski definition) is 1. The number of aromatic nitrogens is 1. The average molecular weight is 243 g/mol. The van der Waals surface area contributed by atoms with E-state index in [4.69, 9.17) is 21.4 Å². The summed E-state index contributed by atoms with van der Waals surface area (Å²) in [5.74, 6) is 0.474. The molecule has 0 spiro atoms. The van der Waals surface area contributed by atoms with Crippen LogP contribution in [0.4, 0.5) is 4.79 Å². The van der Waals surface area contributed by atoms with E-state index in [-0.39, 0.29) is 6.10 Å². The molecule has 1 fully saturated rings. The van der Waals surface area contributed by atoms with E-state index in [2.05, 4.69) is 4.98 Å². The Hall–Kier alpha value is -1.49. The lowest BCUT2D eigenvalue weighted by atomic mass is 10.3. The van der Waals surface area contributed by atoms with Gasteiger partial charge in [0.25, 0.3) is 0 Å². The summed E-state index contributed by atoms with van der Waals surface area (Å²) in [6.45, 7) is 0.896. The van der Waals surface area contributed by atoms with E-state index in [1.54, 1.807) is 12.1 Å². The second-order valence-electron chi connectivity index (χ2n) is 3.57. The number of halogens is 1. The molecule has 2 rings (SSSR count). The minimum atomic E-state index is -0.907. The van der Waals surface area contributed by atoms with Gasteiger partial charge in [0.1, 0.15) is 6.10 Å². The number of ether oxygens (including phenoxy) is 1. The summed E-state index contributed by atoms with van der Waals surface area (Å²) in [6.07, 6.45) is 1.16. The van der Waals surface area contributed by atoms with Gasteiger partial charge < -0.3 is 14.7 Å². The smallest absolute Gasteiger partial charge is 0.407 e. The van der Waals surface area contributed by atoms with Crippen molar-refractivity contribution in [3.8, 4) is 5.88 Å². The maximum absolute atomic E-state index is 10.7. The van der Waals surface area contributed by atoms with Gasteiger partial charge in [-0.05, 0) is 6.07 Å². The average Bonchev–Trinajstić information content (AvgIpc) is 2.70. The Morgan fingerprint density at radius 2 is 2.44 bits per heavy atom. The van der Waals surface area contributed by atoms with Crippen LogP contribution < -0.4 is 4.74 Å². The largest absolute Gasteiger partial charge is 0.472 e. The third kappa shape index (κ3) is 2.55. The van der Waals surface area contributed by atoms with E-state index in [1.165, 1.54) is 11.1 Å². The standard InChI is InChI=1S/C10H11ClN2O3/c11-7-1-2-9(12-5-7)16-8-3-4-13(6-8)10(14)15/h1-2,5,8H,3-4,6H2,(H,14,15)/t8-/m1/s1. The van der Waals surface area contributed by atoms with Crippen molar-refractivity contribution < 1.29 is 14.6 Å². The summed E-state index contributed by atoms with van der Waals surface area (Å²) in [7, 11) is 0. The van der Waals surface area contributed by atoms with Crippen molar-refractivity contribution in [2.75, 3.05) is 13.1 Å². The van der Waals surface area contributed by atoms with Crippen LogP contribution in [0.15, 0.2) is 18.3 Å². The Morgan fingerprint density at radius 1 is 1.62 bits per heavy atom. The molecule has 1 aliphatic rings. The molecule has 6 heteroatoms. The first-order valence-electron chi connectivity index (χ1n) is 4.91. The number of hydrogen-bond acceptors (Lipinski definition) is 3. The van der Waals surface area contributed by atoms with Crippen molar-refractivity contribution in [2.24, 2.45) is 0 Å². The summed E-state index contributed by atoms with van der Waals surface area (Å²) in [5, 5.41) is 9.32. The van der Waals surface area contributed by atoms with Crippen LogP contribution in [0.5, 0.6) is 5.88 Å². The minimum Gasteiger partial charge on any atom is -0.472 e. The fourth-order valence-electron chi connectivity index (χ4n) is 1.60. The number of likely N-dealkylation sites (tertiary alicyclic amines) is 1. The Labute approximate surface area is 97.6 Å². The highest BCUT2D eigenvalue weighted by molar-refractivity contribution is 6.30. The van der Waals surface area contributed by atoms with Gasteiger partial charge in [-0.3, -0.25) is 0 Å². The van der Waals surface area contributed by atoms with Gasteiger partial charge in [0.2, 0.25) is 5.88 Å². The molecule has 1 N–H and O–H groups in total. The molecule has 86 valence electrons. The van der Waals surface area contributed by atoms with Gasteiger partial charge in [0.05, 0.1) is 11.6 Å². The van der Waals surface area contributed by atoms with E-state index >= 15 is 0 Å². The number of amides is 1. The molecule has 0 unspecified atom stereocenters. The van der Waals surface area contributed by atoms with Crippen LogP contribution in [0.3, 0.4) is 0 Å². The Morgan fingerprint density at radius 3 is 3.00 bits per heavy atom. The van der Waals surface area contributed by atoms with Crippen LogP contribution >= 0.6 is 11.6 Å². The molecule has 0 radical (unpaired) electrons. The number of rotatable bonds is 2. The number of carbonyl (C=O) groups is 1. The molecule has 1 saturated heterocycles. The molecule has 0 saturated carbocycles. The van der Waals surface area contributed by atoms with Crippen LogP contribution in [0.1, 0.15) is 6.42 Å². The van der Waals surface area contributed by atoms with Gasteiger partial charge >= 0.3 is 6.09 Å². The summed E-state index contributed by atoms with van der Waals surface area (Å²) in [4.78, 5) is 16.0. The van der Waals surface area contributed by atoms with E-state index < -0.39 is 6.09 Å². The molecule has 1 aromatic heterocycles. The Bertz CT molecular complexity index is 382. The molecule has 1 aromatic rings. The molecule has 1 aliphatic heterocycles. The first-order chi connectivity index (χ1) is 7.65. The van der Waals surface area contributed by atoms with Gasteiger partial charge in [0.15, 0.2) is 0 Å². The molecular formula is C10H11ClN2O3. The predicted octanol–water partition coefficient (Wildman–Crippen LogP) is 1.87. The second-order valence-corrected chi connectivity index (χ2v) is 4.01. The third-order valence-electron chi connectivity index (χ3n) is 2.40. The molecule has 1 amide bonds. The lowest BCUT2D eigenvalue weighted by Crippen LogP contribution is -2.29. The fourth-order valence-corrected chi connectivity index (χ4v) is 1.71. The lowest BCUT2D eigenvalue weighted by molar-refractivity contribution is 0.144. The number of nitrogens with zero attached hydrogens (tertiary/aromatic N) is 2. The van der Waals surface area contributed by atoms with Crippen LogP contribution in [0.2, 0.25) is 5.02 Å². The Balaban J connectivity index is 1.92. The van der Waals surface area contributed by atoms with Crippen LogP contribution in [-0.4, -0.2) is 40.3 Å². The van der Waals surface area contributed by atoms with Crippen LogP contribution in [-0.2, 0) is 0 Å². The summed E-state index contributed by atoms with van der Waals surface area (Å²) >= 11 is 5.69. The van der Waals surface area contributed by atoms with Gasteiger partial charge in [-0.15, -0.1) is 0 Å². The summed E-state index contributed by atoms with van der Waals surface area (Å²) in [5.41, 5.74) is 0. The molecule has 0 bridgehead atoms. The molecular weight excluding hydrogens is 232 g/mol. The van der Waals surface area contributed by atoms with Crippen molar-refractivity contribution in [1.29, 1.82) is 0 Å². The quantitative estimate of drug-likeness (QED) is 0.860. The second kappa shape index (κ2) is 4.57. The van der Waals surface area contributed by atoms with Gasteiger partial charge in [0, 0.05) is 25.2 Å². The van der Waals surface area contributed by atoms with Crippen molar-refractivity contribution in [3.05, 3.63) is 23.4 Å². The first-order valence-corrected chi connectivity index (χ1v) is 5.29. The van der Waals surface area contributed by atoms with E-state index in [0.29, 0.717) is 30.4 Å². The molecule has 5 nitrogen and oxygen atoms in total. The number of pyridine rings is 1. The zero-order chi connectivity index (χ0) is 11.5. The Kier molecular flexibility index (Phi) is 3.14. The predicted molar refractivity (Wildman–Crippen MR) is 57.9 cm³/mol. The first kappa shape index (κ1) is 11.0. The summed E-state index contributed by atoms with van der Waals surface area (Å²) in [6, 6.07) is 3.36. The van der Waals surface area contributed by atoms with E-state index in [0.717, 1.165) is 0 Å². The molecule has 2 heterocycles. The fraction of sp³-hybridized carbons (Fsp3) is 0.400. The van der Waals surface area contributed by atoms with Crippen molar-refractivity contribution in [3.63, 3.8) is 0 Å². The van der Waals surface area contributed by atoms with Crippen LogP contribution in [0, 0.1) is 0 Å². The lowest BCUT2D eigenvalue weighted by Gasteiger charge is -2.13. The highest BCUT2D eigenvalue weighted by Crippen LogP contribution is 2.17. The van der Waals surface area contributed by atoms with Crippen molar-refractivity contribution in [1.82, 2.24) is 9.88 Å². The highest BCUT2D eigenvalue weighted by Gasteiger charge is 2.27. The molecule has 0 aromatic carbocycles. The molecule has 1 atom stereocenters. The highest BCUT2D eigenvalue weighted by atomic mass is 35.5. The zero-order valence-electron chi connectivity index (χ0n) is 8.47. The normalized spacial score (nSPS) is 19.8. The van der Waals surface area contributed by atoms with Crippen LogP contribution in [0.25, 0.3) is 0 Å². The SMILES string of the molecule is O=C(O)N1CC[C@@H](Oc2ccc(Cl)cn2)C1. The van der Waals surface area contributed by atoms with Gasteiger partial charge in [-0.25, -0.2) is 9.78 Å². The van der Waals surface area contributed by atoms with E-state index in [9.17, 15) is 4.79 Å². The minimum absolute atomic E-state index is 0.121. The maximum Gasteiger partial charge on any atom is 0.407 e. The number of carboxylic acid groups (broad SMARTS) is 1.